The van der Waals surface area contributed by atoms with Gasteiger partial charge in [0, 0.05) is 11.8 Å². The average molecular weight is 227 g/mol. The molecule has 0 saturated heterocycles. The normalized spacial score (nSPS) is 15.2. The first kappa shape index (κ1) is 12.7. The molecular weight excluding hydrogens is 206 g/mol. The van der Waals surface area contributed by atoms with Gasteiger partial charge in [-0.15, -0.1) is 0 Å². The Morgan fingerprint density at radius 1 is 1.53 bits per heavy atom. The van der Waals surface area contributed by atoms with Crippen LogP contribution in [0, 0.1) is 12.8 Å². The number of hydrogen-bond acceptors (Lipinski definition) is 3. The molecule has 15 heavy (non-hydrogen) atoms. The molecule has 0 amide bonds. The van der Waals surface area contributed by atoms with E-state index in [4.69, 9.17) is 10.2 Å². The van der Waals surface area contributed by atoms with Crippen molar-refractivity contribution in [2.45, 2.75) is 39.0 Å². The van der Waals surface area contributed by atoms with Gasteiger partial charge in [0.05, 0.1) is 12.0 Å². The van der Waals surface area contributed by atoms with Crippen LogP contribution >= 0.6 is 11.8 Å². The lowest BCUT2D eigenvalue weighted by molar-refractivity contribution is 0.475. The van der Waals surface area contributed by atoms with E-state index >= 15 is 0 Å². The van der Waals surface area contributed by atoms with E-state index in [9.17, 15) is 0 Å². The summed E-state index contributed by atoms with van der Waals surface area (Å²) in [7, 11) is 0. The van der Waals surface area contributed by atoms with E-state index in [0.29, 0.717) is 12.0 Å². The van der Waals surface area contributed by atoms with Crippen molar-refractivity contribution >= 4 is 11.8 Å². The van der Waals surface area contributed by atoms with Gasteiger partial charge in [-0.3, -0.25) is 0 Å². The predicted molar refractivity (Wildman–Crippen MR) is 67.0 cm³/mol. The zero-order valence-corrected chi connectivity index (χ0v) is 10.6. The fourth-order valence-electron chi connectivity index (χ4n) is 1.31. The highest BCUT2D eigenvalue weighted by molar-refractivity contribution is 7.98. The second-order valence-electron chi connectivity index (χ2n) is 4.09. The Morgan fingerprint density at radius 3 is 2.80 bits per heavy atom. The molecule has 0 aliphatic rings. The van der Waals surface area contributed by atoms with Gasteiger partial charge in [0.2, 0.25) is 0 Å². The summed E-state index contributed by atoms with van der Waals surface area (Å²) >= 11 is 1.86. The number of furan rings is 1. The van der Waals surface area contributed by atoms with Crippen LogP contribution in [0.5, 0.6) is 0 Å². The van der Waals surface area contributed by atoms with Crippen LogP contribution in [0.3, 0.4) is 0 Å². The molecule has 1 aromatic rings. The molecule has 0 bridgehead atoms. The van der Waals surface area contributed by atoms with Gasteiger partial charge >= 0.3 is 0 Å². The van der Waals surface area contributed by atoms with E-state index in [-0.39, 0.29) is 0 Å². The van der Waals surface area contributed by atoms with Gasteiger partial charge in [0.25, 0.3) is 0 Å². The maximum absolute atomic E-state index is 6.05. The second-order valence-corrected chi connectivity index (χ2v) is 5.12. The highest BCUT2D eigenvalue weighted by Crippen LogP contribution is 2.19. The van der Waals surface area contributed by atoms with Crippen molar-refractivity contribution in [3.05, 3.63) is 23.7 Å². The summed E-state index contributed by atoms with van der Waals surface area (Å²) in [5, 5.41) is 0. The molecule has 1 aromatic heterocycles. The van der Waals surface area contributed by atoms with E-state index in [1.54, 1.807) is 6.26 Å². The van der Waals surface area contributed by atoms with Crippen LogP contribution in [0.15, 0.2) is 16.7 Å². The number of thioether (sulfide) groups is 1. The van der Waals surface area contributed by atoms with Crippen LogP contribution in [-0.4, -0.2) is 11.8 Å². The fraction of sp³-hybridized carbons (Fsp3) is 0.667. The molecule has 0 aromatic carbocycles. The van der Waals surface area contributed by atoms with Crippen LogP contribution in [0.1, 0.15) is 31.6 Å². The van der Waals surface area contributed by atoms with Crippen LogP contribution in [0.2, 0.25) is 0 Å². The van der Waals surface area contributed by atoms with Crippen LogP contribution in [0.25, 0.3) is 0 Å². The molecule has 1 heterocycles. The van der Waals surface area contributed by atoms with Crippen LogP contribution < -0.4 is 5.73 Å². The second kappa shape index (κ2) is 6.23. The highest BCUT2D eigenvalue weighted by atomic mass is 32.2. The highest BCUT2D eigenvalue weighted by Gasteiger charge is 2.11. The molecule has 0 fully saturated rings. The third kappa shape index (κ3) is 3.92. The minimum Gasteiger partial charge on any atom is -0.468 e. The van der Waals surface area contributed by atoms with Gasteiger partial charge in [-0.1, -0.05) is 20.3 Å². The molecule has 0 aliphatic carbocycles. The Hall–Kier alpha value is -0.410. The summed E-state index contributed by atoms with van der Waals surface area (Å²) < 4.78 is 5.37. The summed E-state index contributed by atoms with van der Waals surface area (Å²) in [6, 6.07) is 2.31. The van der Waals surface area contributed by atoms with Crippen molar-refractivity contribution in [3.8, 4) is 0 Å². The lowest BCUT2D eigenvalue weighted by Crippen LogP contribution is -2.30. The molecule has 1 rings (SSSR count). The third-order valence-electron chi connectivity index (χ3n) is 2.89. The molecule has 86 valence electrons. The molecule has 0 spiro atoms. The number of aryl methyl sites for hydroxylation is 1. The first-order valence-corrected chi connectivity index (χ1v) is 6.67. The topological polar surface area (TPSA) is 39.2 Å². The lowest BCUT2D eigenvalue weighted by Gasteiger charge is -2.17. The summed E-state index contributed by atoms with van der Waals surface area (Å²) in [4.78, 5) is 0. The van der Waals surface area contributed by atoms with Crippen molar-refractivity contribution in [1.29, 1.82) is 0 Å². The first-order valence-electron chi connectivity index (χ1n) is 5.51. The smallest absolute Gasteiger partial charge is 0.116 e. The molecule has 3 heteroatoms. The monoisotopic (exact) mass is 227 g/mol. The minimum absolute atomic E-state index is 0.301. The molecule has 2 atom stereocenters. The molecule has 0 saturated carbocycles. The average Bonchev–Trinajstić information content (AvgIpc) is 2.63. The molecular formula is C12H21NOS. The SMILES string of the molecule is CCC(C)C(N)CSCc1occc1C. The van der Waals surface area contributed by atoms with Crippen molar-refractivity contribution in [1.82, 2.24) is 0 Å². The van der Waals surface area contributed by atoms with Crippen molar-refractivity contribution in [2.75, 3.05) is 5.75 Å². The molecule has 2 nitrogen and oxygen atoms in total. The van der Waals surface area contributed by atoms with Gasteiger partial charge in [0.15, 0.2) is 0 Å². The van der Waals surface area contributed by atoms with Gasteiger partial charge in [-0.25, -0.2) is 0 Å². The predicted octanol–water partition coefficient (Wildman–Crippen LogP) is 3.19. The molecule has 0 radical (unpaired) electrons. The standard InChI is InChI=1S/C12H21NOS/c1-4-9(2)11(13)7-15-8-12-10(3)5-6-14-12/h5-6,9,11H,4,7-8,13H2,1-3H3. The number of hydrogen-bond donors (Lipinski definition) is 1. The van der Waals surface area contributed by atoms with Crippen molar-refractivity contribution in [2.24, 2.45) is 11.7 Å². The summed E-state index contributed by atoms with van der Waals surface area (Å²) in [5.41, 5.74) is 7.29. The quantitative estimate of drug-likeness (QED) is 0.811. The maximum atomic E-state index is 6.05. The number of nitrogens with two attached hydrogens (primary N) is 1. The summed E-state index contributed by atoms with van der Waals surface area (Å²) in [5.74, 6) is 3.63. The van der Waals surface area contributed by atoms with E-state index in [1.807, 2.05) is 17.8 Å². The van der Waals surface area contributed by atoms with E-state index in [0.717, 1.165) is 23.7 Å². The van der Waals surface area contributed by atoms with Crippen molar-refractivity contribution in [3.63, 3.8) is 0 Å². The summed E-state index contributed by atoms with van der Waals surface area (Å²) in [6.45, 7) is 6.48. The van der Waals surface area contributed by atoms with E-state index in [1.165, 1.54) is 5.56 Å². The zero-order chi connectivity index (χ0) is 11.3. The maximum Gasteiger partial charge on any atom is 0.116 e. The van der Waals surface area contributed by atoms with Crippen LogP contribution in [0.4, 0.5) is 0 Å². The summed E-state index contributed by atoms with van der Waals surface area (Å²) in [6.07, 6.45) is 2.90. The first-order chi connectivity index (χ1) is 7.15. The van der Waals surface area contributed by atoms with Crippen molar-refractivity contribution < 1.29 is 4.42 Å². The van der Waals surface area contributed by atoms with Gasteiger partial charge in [0.1, 0.15) is 5.76 Å². The Morgan fingerprint density at radius 2 is 2.27 bits per heavy atom. The zero-order valence-electron chi connectivity index (χ0n) is 9.82. The largest absolute Gasteiger partial charge is 0.468 e. The minimum atomic E-state index is 0.301. The lowest BCUT2D eigenvalue weighted by atomic mass is 10.0. The Balaban J connectivity index is 2.25. The van der Waals surface area contributed by atoms with Gasteiger partial charge < -0.3 is 10.2 Å². The van der Waals surface area contributed by atoms with E-state index in [2.05, 4.69) is 20.8 Å². The van der Waals surface area contributed by atoms with Gasteiger partial charge in [-0.05, 0) is 24.5 Å². The van der Waals surface area contributed by atoms with Gasteiger partial charge in [-0.2, -0.15) is 11.8 Å². The Bertz CT molecular complexity index is 285. The van der Waals surface area contributed by atoms with E-state index < -0.39 is 0 Å². The Kier molecular flexibility index (Phi) is 5.26. The molecule has 0 aliphatic heterocycles. The van der Waals surface area contributed by atoms with Crippen LogP contribution in [-0.2, 0) is 5.75 Å². The molecule has 2 unspecified atom stereocenters. The fourth-order valence-corrected chi connectivity index (χ4v) is 2.51. The number of rotatable bonds is 6. The third-order valence-corrected chi connectivity index (χ3v) is 3.97. The Labute approximate surface area is 96.6 Å². The molecule has 2 N–H and O–H groups in total.